The molecule has 0 spiro atoms. The molecule has 3 atom stereocenters. The fourth-order valence-corrected chi connectivity index (χ4v) is 3.36. The lowest BCUT2D eigenvalue weighted by Gasteiger charge is -2.27. The standard InChI is InChI=1S/C16H22N2O2/c1-11(2)10-20-15-12-6-7-14(15)18(9-12)16(19)13-5-3-4-8-17-13/h3-5,8,11-12,14-15H,6-7,9-10H2,1-2H3. The molecule has 20 heavy (non-hydrogen) atoms. The molecule has 1 saturated carbocycles. The number of amides is 1. The lowest BCUT2D eigenvalue weighted by atomic mass is 10.1. The van der Waals surface area contributed by atoms with Crippen molar-refractivity contribution < 1.29 is 9.53 Å². The number of carbonyl (C=O) groups excluding carboxylic acids is 1. The number of likely N-dealkylation sites (tertiary alicyclic amines) is 1. The van der Waals surface area contributed by atoms with Crippen molar-refractivity contribution in [3.8, 4) is 0 Å². The molecule has 1 saturated heterocycles. The minimum absolute atomic E-state index is 0.0518. The van der Waals surface area contributed by atoms with Gasteiger partial charge in [-0.1, -0.05) is 19.9 Å². The third-order valence-corrected chi connectivity index (χ3v) is 4.28. The van der Waals surface area contributed by atoms with E-state index in [1.165, 1.54) is 6.42 Å². The van der Waals surface area contributed by atoms with Crippen LogP contribution in [0.3, 0.4) is 0 Å². The van der Waals surface area contributed by atoms with Gasteiger partial charge < -0.3 is 9.64 Å². The van der Waals surface area contributed by atoms with Crippen molar-refractivity contribution in [2.24, 2.45) is 11.8 Å². The van der Waals surface area contributed by atoms with Gasteiger partial charge in [0.2, 0.25) is 0 Å². The van der Waals surface area contributed by atoms with Crippen LogP contribution in [0.4, 0.5) is 0 Å². The van der Waals surface area contributed by atoms with Crippen LogP contribution in [-0.4, -0.2) is 41.1 Å². The van der Waals surface area contributed by atoms with Gasteiger partial charge in [-0.3, -0.25) is 9.78 Å². The molecule has 2 fully saturated rings. The van der Waals surface area contributed by atoms with Crippen LogP contribution in [0.25, 0.3) is 0 Å². The number of ether oxygens (including phenoxy) is 1. The molecule has 4 heteroatoms. The first-order chi connectivity index (χ1) is 9.66. The van der Waals surface area contributed by atoms with Gasteiger partial charge >= 0.3 is 0 Å². The number of rotatable bonds is 4. The van der Waals surface area contributed by atoms with E-state index in [-0.39, 0.29) is 18.1 Å². The van der Waals surface area contributed by atoms with Gasteiger partial charge in [-0.15, -0.1) is 0 Å². The first-order valence-corrected chi connectivity index (χ1v) is 7.50. The number of piperidine rings is 1. The zero-order valence-electron chi connectivity index (χ0n) is 12.2. The van der Waals surface area contributed by atoms with Crippen LogP contribution in [0.1, 0.15) is 37.2 Å². The second kappa shape index (κ2) is 5.52. The summed E-state index contributed by atoms with van der Waals surface area (Å²) in [6.45, 7) is 5.92. The number of aromatic nitrogens is 1. The second-order valence-corrected chi connectivity index (χ2v) is 6.27. The summed E-state index contributed by atoms with van der Waals surface area (Å²) in [7, 11) is 0. The molecule has 1 aliphatic heterocycles. The van der Waals surface area contributed by atoms with Crippen molar-refractivity contribution in [2.75, 3.05) is 13.2 Å². The van der Waals surface area contributed by atoms with E-state index in [0.717, 1.165) is 19.6 Å². The molecular weight excluding hydrogens is 252 g/mol. The summed E-state index contributed by atoms with van der Waals surface area (Å²) in [5, 5.41) is 0. The van der Waals surface area contributed by atoms with Crippen molar-refractivity contribution in [1.29, 1.82) is 0 Å². The molecule has 3 unspecified atom stereocenters. The van der Waals surface area contributed by atoms with Crippen molar-refractivity contribution in [3.63, 3.8) is 0 Å². The summed E-state index contributed by atoms with van der Waals surface area (Å²) in [6.07, 6.45) is 4.14. The zero-order valence-corrected chi connectivity index (χ0v) is 12.2. The molecule has 2 bridgehead atoms. The van der Waals surface area contributed by atoms with E-state index in [4.69, 9.17) is 4.74 Å². The van der Waals surface area contributed by atoms with Gasteiger partial charge in [-0.25, -0.2) is 0 Å². The number of nitrogens with zero attached hydrogens (tertiary/aromatic N) is 2. The predicted octanol–water partition coefficient (Wildman–Crippen LogP) is 2.36. The van der Waals surface area contributed by atoms with Crippen molar-refractivity contribution in [3.05, 3.63) is 30.1 Å². The van der Waals surface area contributed by atoms with Crippen molar-refractivity contribution >= 4 is 5.91 Å². The number of pyridine rings is 1. The van der Waals surface area contributed by atoms with Crippen molar-refractivity contribution in [1.82, 2.24) is 9.88 Å². The maximum absolute atomic E-state index is 12.5. The Balaban J connectivity index is 1.70. The maximum Gasteiger partial charge on any atom is 0.272 e. The molecular formula is C16H22N2O2. The molecule has 0 aromatic carbocycles. The molecule has 2 aliphatic rings. The van der Waals surface area contributed by atoms with E-state index in [2.05, 4.69) is 18.8 Å². The van der Waals surface area contributed by atoms with Crippen LogP contribution in [0.5, 0.6) is 0 Å². The minimum Gasteiger partial charge on any atom is -0.375 e. The molecule has 4 nitrogen and oxygen atoms in total. The Kier molecular flexibility index (Phi) is 3.74. The highest BCUT2D eigenvalue weighted by Crippen LogP contribution is 2.40. The summed E-state index contributed by atoms with van der Waals surface area (Å²) in [5.74, 6) is 1.09. The van der Waals surface area contributed by atoms with Gasteiger partial charge in [0, 0.05) is 25.3 Å². The Morgan fingerprint density at radius 3 is 3.00 bits per heavy atom. The van der Waals surface area contributed by atoms with E-state index in [9.17, 15) is 4.79 Å². The number of carbonyl (C=O) groups is 1. The van der Waals surface area contributed by atoms with Crippen LogP contribution in [0.15, 0.2) is 24.4 Å². The molecule has 1 amide bonds. The van der Waals surface area contributed by atoms with E-state index in [1.54, 1.807) is 12.3 Å². The van der Waals surface area contributed by atoms with E-state index in [0.29, 0.717) is 17.5 Å². The summed E-state index contributed by atoms with van der Waals surface area (Å²) >= 11 is 0. The summed E-state index contributed by atoms with van der Waals surface area (Å²) in [4.78, 5) is 18.7. The monoisotopic (exact) mass is 274 g/mol. The Labute approximate surface area is 120 Å². The van der Waals surface area contributed by atoms with Crippen LogP contribution >= 0.6 is 0 Å². The fraction of sp³-hybridized carbons (Fsp3) is 0.625. The average Bonchev–Trinajstić information content (AvgIpc) is 3.02. The maximum atomic E-state index is 12.5. The zero-order chi connectivity index (χ0) is 14.1. The molecule has 1 aliphatic carbocycles. The Bertz CT molecular complexity index is 475. The smallest absolute Gasteiger partial charge is 0.272 e. The predicted molar refractivity (Wildman–Crippen MR) is 76.4 cm³/mol. The quantitative estimate of drug-likeness (QED) is 0.846. The topological polar surface area (TPSA) is 42.4 Å². The third-order valence-electron chi connectivity index (χ3n) is 4.28. The van der Waals surface area contributed by atoms with Gasteiger partial charge in [0.15, 0.2) is 0 Å². The first-order valence-electron chi connectivity index (χ1n) is 7.50. The second-order valence-electron chi connectivity index (χ2n) is 6.27. The molecule has 108 valence electrons. The van der Waals surface area contributed by atoms with Crippen LogP contribution < -0.4 is 0 Å². The van der Waals surface area contributed by atoms with Gasteiger partial charge in [-0.2, -0.15) is 0 Å². The molecule has 1 aromatic heterocycles. The molecule has 3 rings (SSSR count). The summed E-state index contributed by atoms with van der Waals surface area (Å²) in [5.41, 5.74) is 0.544. The third kappa shape index (κ3) is 2.44. The highest BCUT2D eigenvalue weighted by atomic mass is 16.5. The SMILES string of the molecule is CC(C)COC1C2CCC1N(C(=O)c1ccccn1)C2. The lowest BCUT2D eigenvalue weighted by Crippen LogP contribution is -2.40. The number of fused-ring (bicyclic) bond motifs is 2. The number of hydrogen-bond donors (Lipinski definition) is 0. The summed E-state index contributed by atoms with van der Waals surface area (Å²) in [6, 6.07) is 5.73. The van der Waals surface area contributed by atoms with Gasteiger partial charge in [0.25, 0.3) is 5.91 Å². The Morgan fingerprint density at radius 2 is 2.30 bits per heavy atom. The van der Waals surface area contributed by atoms with Crippen LogP contribution in [0, 0.1) is 11.8 Å². The van der Waals surface area contributed by atoms with E-state index >= 15 is 0 Å². The van der Waals surface area contributed by atoms with Gasteiger partial charge in [-0.05, 0) is 30.9 Å². The van der Waals surface area contributed by atoms with Gasteiger partial charge in [0.05, 0.1) is 12.1 Å². The summed E-state index contributed by atoms with van der Waals surface area (Å²) < 4.78 is 6.05. The largest absolute Gasteiger partial charge is 0.375 e. The Hall–Kier alpha value is -1.42. The van der Waals surface area contributed by atoms with Gasteiger partial charge in [0.1, 0.15) is 5.69 Å². The molecule has 1 aromatic rings. The highest BCUT2D eigenvalue weighted by Gasteiger charge is 2.49. The molecule has 0 radical (unpaired) electrons. The average molecular weight is 274 g/mol. The molecule has 2 heterocycles. The van der Waals surface area contributed by atoms with E-state index < -0.39 is 0 Å². The fourth-order valence-electron chi connectivity index (χ4n) is 3.36. The minimum atomic E-state index is 0.0518. The molecule has 0 N–H and O–H groups in total. The normalized spacial score (nSPS) is 28.4. The number of hydrogen-bond acceptors (Lipinski definition) is 3. The Morgan fingerprint density at radius 1 is 1.45 bits per heavy atom. The first kappa shape index (κ1) is 13.6. The van der Waals surface area contributed by atoms with Crippen LogP contribution in [0.2, 0.25) is 0 Å². The van der Waals surface area contributed by atoms with Crippen molar-refractivity contribution in [2.45, 2.75) is 38.8 Å². The van der Waals surface area contributed by atoms with E-state index in [1.807, 2.05) is 17.0 Å². The van der Waals surface area contributed by atoms with Crippen LogP contribution in [-0.2, 0) is 4.74 Å². The highest BCUT2D eigenvalue weighted by molar-refractivity contribution is 5.92. The lowest BCUT2D eigenvalue weighted by molar-refractivity contribution is 0.0130.